The van der Waals surface area contributed by atoms with Crippen molar-refractivity contribution in [1.82, 2.24) is 9.97 Å². The number of anilines is 1. The van der Waals surface area contributed by atoms with Crippen molar-refractivity contribution in [2.75, 3.05) is 4.90 Å². The van der Waals surface area contributed by atoms with Gasteiger partial charge in [0, 0.05) is 28.6 Å². The smallest absolute Gasteiger partial charge is 0.235 e. The quantitative estimate of drug-likeness (QED) is 0.468. The van der Waals surface area contributed by atoms with Crippen LogP contribution in [0.4, 0.5) is 5.82 Å². The second-order valence-electron chi connectivity index (χ2n) is 8.04. The van der Waals surface area contributed by atoms with Gasteiger partial charge in [-0.15, -0.1) is 0 Å². The highest BCUT2D eigenvalue weighted by atomic mass is 35.5. The molecule has 0 N–H and O–H groups in total. The molecule has 158 valence electrons. The molecule has 0 aliphatic carbocycles. The number of carbonyl (C=O) groups excluding carboxylic acids is 2. The highest BCUT2D eigenvalue weighted by Crippen LogP contribution is 2.51. The van der Waals surface area contributed by atoms with Crippen LogP contribution >= 0.6 is 23.2 Å². The van der Waals surface area contributed by atoms with Gasteiger partial charge >= 0.3 is 0 Å². The van der Waals surface area contributed by atoms with Crippen molar-refractivity contribution in [2.24, 2.45) is 5.41 Å². The fourth-order valence-corrected chi connectivity index (χ4v) is 4.71. The van der Waals surface area contributed by atoms with Gasteiger partial charge in [-0.3, -0.25) is 9.69 Å². The number of hydrogen-bond donors (Lipinski definition) is 0. The van der Waals surface area contributed by atoms with E-state index in [0.717, 1.165) is 17.4 Å². The van der Waals surface area contributed by atoms with Crippen LogP contribution in [-0.4, -0.2) is 22.2 Å². The lowest BCUT2D eigenvalue weighted by atomic mass is 9.67. The summed E-state index contributed by atoms with van der Waals surface area (Å²) in [6.07, 6.45) is 4.46. The molecule has 1 amide bonds. The number of nitrogens with zero attached hydrogens (tertiary/aromatic N) is 3. The Labute approximate surface area is 191 Å². The van der Waals surface area contributed by atoms with Gasteiger partial charge in [-0.1, -0.05) is 54.4 Å². The highest BCUT2D eigenvalue weighted by Gasteiger charge is 2.50. The molecule has 2 aromatic carbocycles. The molecule has 0 bridgehead atoms. The zero-order valence-corrected chi connectivity index (χ0v) is 18.4. The fraction of sp³-hybridized carbons (Fsp3) is 0.250. The van der Waals surface area contributed by atoms with Crippen LogP contribution in [0.5, 0.6) is 0 Å². The number of aromatic nitrogens is 2. The van der Waals surface area contributed by atoms with Crippen LogP contribution in [0.15, 0.2) is 67.1 Å². The van der Waals surface area contributed by atoms with Crippen molar-refractivity contribution in [3.05, 3.63) is 88.3 Å². The highest BCUT2D eigenvalue weighted by molar-refractivity contribution is 6.30. The minimum atomic E-state index is -0.872. The Bertz CT molecular complexity index is 1090. The molecular formula is C24H21Cl2N3O2. The number of rotatable bonds is 5. The Morgan fingerprint density at radius 3 is 2.52 bits per heavy atom. The van der Waals surface area contributed by atoms with E-state index in [9.17, 15) is 9.59 Å². The number of benzene rings is 2. The van der Waals surface area contributed by atoms with Gasteiger partial charge in [0.25, 0.3) is 0 Å². The van der Waals surface area contributed by atoms with Crippen LogP contribution in [-0.2, 0) is 9.59 Å². The Kier molecular flexibility index (Phi) is 6.08. The van der Waals surface area contributed by atoms with Gasteiger partial charge < -0.3 is 4.79 Å². The molecule has 4 rings (SSSR count). The van der Waals surface area contributed by atoms with Gasteiger partial charge in [0.05, 0.1) is 11.5 Å². The molecule has 5 nitrogen and oxygen atoms in total. The van der Waals surface area contributed by atoms with E-state index in [0.29, 0.717) is 22.3 Å². The van der Waals surface area contributed by atoms with E-state index in [-0.39, 0.29) is 24.3 Å². The van der Waals surface area contributed by atoms with Crippen molar-refractivity contribution >= 4 is 41.2 Å². The zero-order valence-electron chi connectivity index (χ0n) is 16.9. The third-order valence-corrected chi connectivity index (χ3v) is 6.39. The zero-order chi connectivity index (χ0) is 22.0. The van der Waals surface area contributed by atoms with Crippen molar-refractivity contribution in [2.45, 2.75) is 31.7 Å². The predicted molar refractivity (Wildman–Crippen MR) is 121 cm³/mol. The molecular weight excluding hydrogens is 433 g/mol. The minimum absolute atomic E-state index is 0.113. The fourth-order valence-electron chi connectivity index (χ4n) is 4.39. The van der Waals surface area contributed by atoms with Crippen LogP contribution in [0.1, 0.15) is 42.9 Å². The van der Waals surface area contributed by atoms with Crippen molar-refractivity contribution in [3.8, 4) is 0 Å². The monoisotopic (exact) mass is 453 g/mol. The third-order valence-electron chi connectivity index (χ3n) is 5.90. The Hall–Kier alpha value is -2.76. The molecule has 1 fully saturated rings. The van der Waals surface area contributed by atoms with E-state index in [2.05, 4.69) is 9.97 Å². The molecule has 7 heteroatoms. The average Bonchev–Trinajstić information content (AvgIpc) is 2.77. The maximum absolute atomic E-state index is 13.8. The first-order valence-corrected chi connectivity index (χ1v) is 10.7. The summed E-state index contributed by atoms with van der Waals surface area (Å²) in [6, 6.07) is 16.5. The largest absolute Gasteiger partial charge is 0.303 e. The first kappa shape index (κ1) is 21.5. The van der Waals surface area contributed by atoms with Gasteiger partial charge in [0.15, 0.2) is 0 Å². The van der Waals surface area contributed by atoms with E-state index in [1.165, 1.54) is 6.33 Å². The van der Waals surface area contributed by atoms with Gasteiger partial charge in [0.1, 0.15) is 18.4 Å². The molecule has 3 unspecified atom stereocenters. The molecule has 1 aromatic heterocycles. The molecule has 1 saturated heterocycles. The van der Waals surface area contributed by atoms with Gasteiger partial charge in [-0.2, -0.15) is 0 Å². The summed E-state index contributed by atoms with van der Waals surface area (Å²) in [4.78, 5) is 35.4. The van der Waals surface area contributed by atoms with Crippen LogP contribution < -0.4 is 4.90 Å². The Morgan fingerprint density at radius 2 is 1.87 bits per heavy atom. The summed E-state index contributed by atoms with van der Waals surface area (Å²) in [6.45, 7) is 1.84. The third kappa shape index (κ3) is 4.21. The van der Waals surface area contributed by atoms with E-state index in [1.807, 2.05) is 55.5 Å². The van der Waals surface area contributed by atoms with E-state index in [1.54, 1.807) is 17.2 Å². The summed E-state index contributed by atoms with van der Waals surface area (Å²) >= 11 is 12.5. The van der Waals surface area contributed by atoms with Crippen LogP contribution in [0, 0.1) is 5.41 Å². The molecule has 0 saturated carbocycles. The topological polar surface area (TPSA) is 63.2 Å². The second kappa shape index (κ2) is 8.77. The lowest BCUT2D eigenvalue weighted by Crippen LogP contribution is -2.52. The van der Waals surface area contributed by atoms with Crippen molar-refractivity contribution < 1.29 is 9.59 Å². The lowest BCUT2D eigenvalue weighted by molar-refractivity contribution is -0.133. The van der Waals surface area contributed by atoms with E-state index in [4.69, 9.17) is 23.2 Å². The lowest BCUT2D eigenvalue weighted by Gasteiger charge is -2.48. The van der Waals surface area contributed by atoms with Gasteiger partial charge in [0.2, 0.25) is 5.91 Å². The molecule has 3 atom stereocenters. The summed E-state index contributed by atoms with van der Waals surface area (Å²) in [5, 5.41) is 1.24. The molecule has 1 aliphatic heterocycles. The normalized spacial score (nSPS) is 23.6. The summed E-state index contributed by atoms with van der Waals surface area (Å²) in [5.41, 5.74) is 1.05. The predicted octanol–water partition coefficient (Wildman–Crippen LogP) is 5.64. The maximum Gasteiger partial charge on any atom is 0.235 e. The van der Waals surface area contributed by atoms with Gasteiger partial charge in [-0.05, 0) is 47.9 Å². The number of hydrogen-bond acceptors (Lipinski definition) is 4. The maximum atomic E-state index is 13.8. The SMILES string of the molecule is CC1(CC=O)CC(c2cccc(Cl)c2)C(c2ccc(Cl)cc2)N(c2ccncn2)C1=O. The minimum Gasteiger partial charge on any atom is -0.303 e. The first-order chi connectivity index (χ1) is 14.9. The van der Waals surface area contributed by atoms with Gasteiger partial charge in [-0.25, -0.2) is 9.97 Å². The number of piperidine rings is 1. The van der Waals surface area contributed by atoms with Crippen LogP contribution in [0.2, 0.25) is 10.0 Å². The van der Waals surface area contributed by atoms with Crippen LogP contribution in [0.25, 0.3) is 0 Å². The Morgan fingerprint density at radius 1 is 1.10 bits per heavy atom. The number of carbonyl (C=O) groups is 2. The molecule has 0 spiro atoms. The number of aldehydes is 1. The van der Waals surface area contributed by atoms with E-state index >= 15 is 0 Å². The second-order valence-corrected chi connectivity index (χ2v) is 8.91. The number of halogens is 2. The van der Waals surface area contributed by atoms with Crippen molar-refractivity contribution in [3.63, 3.8) is 0 Å². The summed E-state index contributed by atoms with van der Waals surface area (Å²) in [7, 11) is 0. The molecule has 0 radical (unpaired) electrons. The Balaban J connectivity index is 1.94. The molecule has 2 heterocycles. The molecule has 1 aliphatic rings. The van der Waals surface area contributed by atoms with E-state index < -0.39 is 5.41 Å². The standard InChI is InChI=1S/C24H21Cl2N3O2/c1-24(10-12-30)14-20(17-3-2-4-19(26)13-17)22(16-5-7-18(25)8-6-16)29(23(24)31)21-9-11-27-15-28-21/h2-9,11-13,15,20,22H,10,14H2,1H3. The summed E-state index contributed by atoms with van der Waals surface area (Å²) in [5.74, 6) is 0.234. The van der Waals surface area contributed by atoms with Crippen molar-refractivity contribution in [1.29, 1.82) is 0 Å². The van der Waals surface area contributed by atoms with Crippen LogP contribution in [0.3, 0.4) is 0 Å². The molecule has 3 aromatic rings. The first-order valence-electron chi connectivity index (χ1n) is 9.97. The average molecular weight is 454 g/mol. The number of amides is 1. The summed E-state index contributed by atoms with van der Waals surface area (Å²) < 4.78 is 0. The molecule has 31 heavy (non-hydrogen) atoms.